The van der Waals surface area contributed by atoms with Gasteiger partial charge in [-0.2, -0.15) is 0 Å². The standard InChI is InChI=1S/C11H14ClFN2O/c12-10-3-2-9(13)6-8(10)7-11(16)15-5-1-4-14/h2-3,6H,1,4-5,7,14H2,(H,15,16). The molecule has 0 aromatic heterocycles. The first-order valence-electron chi connectivity index (χ1n) is 5.04. The lowest BCUT2D eigenvalue weighted by Crippen LogP contribution is -2.27. The van der Waals surface area contributed by atoms with E-state index in [2.05, 4.69) is 5.32 Å². The smallest absolute Gasteiger partial charge is 0.224 e. The molecule has 0 atom stereocenters. The average Bonchev–Trinajstić information content (AvgIpc) is 2.24. The Balaban J connectivity index is 2.52. The SMILES string of the molecule is NCCCNC(=O)Cc1cc(F)ccc1Cl. The molecule has 3 N–H and O–H groups in total. The predicted molar refractivity (Wildman–Crippen MR) is 61.8 cm³/mol. The van der Waals surface area contributed by atoms with Gasteiger partial charge in [0.05, 0.1) is 6.42 Å². The maximum absolute atomic E-state index is 12.9. The molecule has 0 bridgehead atoms. The highest BCUT2D eigenvalue weighted by Gasteiger charge is 2.07. The van der Waals surface area contributed by atoms with Crippen LogP contribution in [0.4, 0.5) is 4.39 Å². The average molecular weight is 245 g/mol. The number of carbonyl (C=O) groups is 1. The van der Waals surface area contributed by atoms with Crippen molar-refractivity contribution in [2.45, 2.75) is 12.8 Å². The molecule has 0 unspecified atom stereocenters. The summed E-state index contributed by atoms with van der Waals surface area (Å²) in [6.07, 6.45) is 0.809. The van der Waals surface area contributed by atoms with E-state index < -0.39 is 5.82 Å². The molecule has 0 saturated heterocycles. The Morgan fingerprint density at radius 1 is 1.50 bits per heavy atom. The summed E-state index contributed by atoms with van der Waals surface area (Å²) in [7, 11) is 0. The van der Waals surface area contributed by atoms with Crippen LogP contribution >= 0.6 is 11.6 Å². The highest BCUT2D eigenvalue weighted by molar-refractivity contribution is 6.31. The summed E-state index contributed by atoms with van der Waals surface area (Å²) >= 11 is 5.83. The van der Waals surface area contributed by atoms with Crippen molar-refractivity contribution in [2.75, 3.05) is 13.1 Å². The van der Waals surface area contributed by atoms with Crippen molar-refractivity contribution in [1.29, 1.82) is 0 Å². The molecular formula is C11H14ClFN2O. The Morgan fingerprint density at radius 3 is 2.94 bits per heavy atom. The third-order valence-corrected chi connectivity index (χ3v) is 2.43. The molecule has 0 heterocycles. The van der Waals surface area contributed by atoms with E-state index in [1.165, 1.54) is 18.2 Å². The largest absolute Gasteiger partial charge is 0.356 e. The van der Waals surface area contributed by atoms with Crippen molar-refractivity contribution >= 4 is 17.5 Å². The summed E-state index contributed by atoms with van der Waals surface area (Å²) in [4.78, 5) is 11.4. The summed E-state index contributed by atoms with van der Waals surface area (Å²) in [6.45, 7) is 1.06. The van der Waals surface area contributed by atoms with Gasteiger partial charge in [0.15, 0.2) is 0 Å². The van der Waals surface area contributed by atoms with E-state index in [0.29, 0.717) is 23.7 Å². The van der Waals surface area contributed by atoms with Crippen LogP contribution in [-0.2, 0) is 11.2 Å². The van der Waals surface area contributed by atoms with Crippen LogP contribution in [0.15, 0.2) is 18.2 Å². The van der Waals surface area contributed by atoms with Gasteiger partial charge in [0.25, 0.3) is 0 Å². The first kappa shape index (κ1) is 12.9. The Labute approximate surface area is 98.8 Å². The number of halogens is 2. The second-order valence-electron chi connectivity index (χ2n) is 3.40. The molecule has 0 fully saturated rings. The zero-order valence-corrected chi connectivity index (χ0v) is 9.56. The Hall–Kier alpha value is -1.13. The lowest BCUT2D eigenvalue weighted by atomic mass is 10.1. The van der Waals surface area contributed by atoms with Gasteiger partial charge in [-0.15, -0.1) is 0 Å². The number of benzene rings is 1. The monoisotopic (exact) mass is 244 g/mol. The molecule has 1 amide bonds. The lowest BCUT2D eigenvalue weighted by molar-refractivity contribution is -0.120. The zero-order valence-electron chi connectivity index (χ0n) is 8.80. The molecule has 0 aliphatic carbocycles. The maximum Gasteiger partial charge on any atom is 0.224 e. The molecule has 16 heavy (non-hydrogen) atoms. The van der Waals surface area contributed by atoms with E-state index >= 15 is 0 Å². The molecule has 0 aliphatic rings. The molecule has 0 spiro atoms. The summed E-state index contributed by atoms with van der Waals surface area (Å²) in [6, 6.07) is 3.97. The van der Waals surface area contributed by atoms with Crippen LogP contribution in [0.5, 0.6) is 0 Å². The lowest BCUT2D eigenvalue weighted by Gasteiger charge is -2.06. The van der Waals surface area contributed by atoms with Gasteiger partial charge < -0.3 is 11.1 Å². The van der Waals surface area contributed by atoms with Gasteiger partial charge >= 0.3 is 0 Å². The number of rotatable bonds is 5. The van der Waals surface area contributed by atoms with E-state index in [9.17, 15) is 9.18 Å². The third-order valence-electron chi connectivity index (χ3n) is 2.06. The summed E-state index contributed by atoms with van der Waals surface area (Å²) in [5, 5.41) is 3.08. The quantitative estimate of drug-likeness (QED) is 0.771. The van der Waals surface area contributed by atoms with Crippen LogP contribution in [0.25, 0.3) is 0 Å². The van der Waals surface area contributed by atoms with Crippen molar-refractivity contribution < 1.29 is 9.18 Å². The number of nitrogens with two attached hydrogens (primary N) is 1. The Morgan fingerprint density at radius 2 is 2.25 bits per heavy atom. The van der Waals surface area contributed by atoms with Crippen molar-refractivity contribution in [3.05, 3.63) is 34.6 Å². The zero-order chi connectivity index (χ0) is 12.0. The predicted octanol–water partition coefficient (Wildman–Crippen LogP) is 1.49. The minimum atomic E-state index is -0.394. The number of hydrogen-bond acceptors (Lipinski definition) is 2. The maximum atomic E-state index is 12.9. The highest BCUT2D eigenvalue weighted by atomic mass is 35.5. The molecule has 1 aromatic rings. The molecule has 3 nitrogen and oxygen atoms in total. The molecule has 0 saturated carbocycles. The van der Waals surface area contributed by atoms with Gasteiger partial charge in [0.1, 0.15) is 5.82 Å². The number of carbonyl (C=O) groups excluding carboxylic acids is 1. The third kappa shape index (κ3) is 4.16. The van der Waals surface area contributed by atoms with Crippen molar-refractivity contribution in [2.24, 2.45) is 5.73 Å². The fourth-order valence-corrected chi connectivity index (χ4v) is 1.43. The van der Waals surface area contributed by atoms with Crippen molar-refractivity contribution in [1.82, 2.24) is 5.32 Å². The fraction of sp³-hybridized carbons (Fsp3) is 0.364. The van der Waals surface area contributed by atoms with Crippen LogP contribution < -0.4 is 11.1 Å². The van der Waals surface area contributed by atoms with Gasteiger partial charge in [0.2, 0.25) is 5.91 Å². The molecule has 0 aliphatic heterocycles. The second-order valence-corrected chi connectivity index (χ2v) is 3.81. The van der Waals surface area contributed by atoms with E-state index in [1.54, 1.807) is 0 Å². The topological polar surface area (TPSA) is 55.1 Å². The van der Waals surface area contributed by atoms with E-state index in [-0.39, 0.29) is 12.3 Å². The Kier molecular flexibility index (Phi) is 5.22. The van der Waals surface area contributed by atoms with Gasteiger partial charge in [-0.1, -0.05) is 11.6 Å². The van der Waals surface area contributed by atoms with Crippen LogP contribution in [0.3, 0.4) is 0 Å². The first-order chi connectivity index (χ1) is 7.63. The molecule has 0 radical (unpaired) electrons. The van der Waals surface area contributed by atoms with Crippen LogP contribution in [0.1, 0.15) is 12.0 Å². The fourth-order valence-electron chi connectivity index (χ4n) is 1.24. The van der Waals surface area contributed by atoms with Gasteiger partial charge in [-0.25, -0.2) is 4.39 Å². The number of nitrogens with one attached hydrogen (secondary N) is 1. The molecule has 1 rings (SSSR count). The van der Waals surface area contributed by atoms with Crippen LogP contribution in [-0.4, -0.2) is 19.0 Å². The van der Waals surface area contributed by atoms with E-state index in [4.69, 9.17) is 17.3 Å². The Bertz CT molecular complexity index is 371. The summed E-state index contributed by atoms with van der Waals surface area (Å²) in [5.41, 5.74) is 5.78. The molecule has 88 valence electrons. The van der Waals surface area contributed by atoms with Crippen LogP contribution in [0, 0.1) is 5.82 Å². The van der Waals surface area contributed by atoms with Crippen molar-refractivity contribution in [3.63, 3.8) is 0 Å². The van der Waals surface area contributed by atoms with E-state index in [0.717, 1.165) is 6.42 Å². The van der Waals surface area contributed by atoms with Gasteiger partial charge in [-0.3, -0.25) is 4.79 Å². The molecule has 5 heteroatoms. The summed E-state index contributed by atoms with van der Waals surface area (Å²) < 4.78 is 12.9. The number of hydrogen-bond donors (Lipinski definition) is 2. The molecule has 1 aromatic carbocycles. The minimum Gasteiger partial charge on any atom is -0.356 e. The van der Waals surface area contributed by atoms with Crippen LogP contribution in [0.2, 0.25) is 5.02 Å². The molecular weight excluding hydrogens is 231 g/mol. The van der Waals surface area contributed by atoms with E-state index in [1.807, 2.05) is 0 Å². The van der Waals surface area contributed by atoms with Gasteiger partial charge in [-0.05, 0) is 36.7 Å². The van der Waals surface area contributed by atoms with Crippen molar-refractivity contribution in [3.8, 4) is 0 Å². The minimum absolute atomic E-state index is 0.0845. The second kappa shape index (κ2) is 6.45. The number of amides is 1. The summed E-state index contributed by atoms with van der Waals surface area (Å²) in [5.74, 6) is -0.574. The van der Waals surface area contributed by atoms with Gasteiger partial charge in [0, 0.05) is 11.6 Å². The highest BCUT2D eigenvalue weighted by Crippen LogP contribution is 2.17. The normalized spacial score (nSPS) is 10.2. The first-order valence-corrected chi connectivity index (χ1v) is 5.42.